The number of unbranched alkanes of at least 4 members (excludes halogenated alkanes) is 1. The van der Waals surface area contributed by atoms with Crippen molar-refractivity contribution in [1.29, 1.82) is 0 Å². The van der Waals surface area contributed by atoms with Crippen molar-refractivity contribution in [3.05, 3.63) is 0 Å². The van der Waals surface area contributed by atoms with Crippen molar-refractivity contribution in [2.75, 3.05) is 26.8 Å². The summed E-state index contributed by atoms with van der Waals surface area (Å²) in [5.74, 6) is 0. The normalized spacial score (nSPS) is 15.4. The van der Waals surface area contributed by atoms with Crippen molar-refractivity contribution in [2.24, 2.45) is 5.41 Å². The van der Waals surface area contributed by atoms with Gasteiger partial charge in [0.25, 0.3) is 0 Å². The second kappa shape index (κ2) is 8.25. The van der Waals surface area contributed by atoms with E-state index in [0.717, 1.165) is 19.7 Å². The molecule has 0 spiro atoms. The highest BCUT2D eigenvalue weighted by Gasteiger charge is 2.26. The lowest BCUT2D eigenvalue weighted by Crippen LogP contribution is -2.37. The second-order valence-electron chi connectivity index (χ2n) is 4.17. The van der Waals surface area contributed by atoms with Crippen LogP contribution in [0.3, 0.4) is 0 Å². The van der Waals surface area contributed by atoms with Crippen LogP contribution in [0.2, 0.25) is 0 Å². The molecule has 14 heavy (non-hydrogen) atoms. The summed E-state index contributed by atoms with van der Waals surface area (Å²) in [6.45, 7) is 9.71. The smallest absolute Gasteiger partial charge is 0.0530 e. The van der Waals surface area contributed by atoms with Crippen LogP contribution in [0.15, 0.2) is 0 Å². The first-order valence-corrected chi connectivity index (χ1v) is 5.94. The van der Waals surface area contributed by atoms with E-state index in [4.69, 9.17) is 4.74 Å². The van der Waals surface area contributed by atoms with Gasteiger partial charge in [-0.1, -0.05) is 33.6 Å². The molecule has 1 N–H and O–H groups in total. The summed E-state index contributed by atoms with van der Waals surface area (Å²) in [5.41, 5.74) is 0.362. The van der Waals surface area contributed by atoms with Crippen molar-refractivity contribution in [3.63, 3.8) is 0 Å². The molecule has 0 aromatic heterocycles. The van der Waals surface area contributed by atoms with Crippen LogP contribution >= 0.6 is 0 Å². The van der Waals surface area contributed by atoms with Gasteiger partial charge in [-0.15, -0.1) is 0 Å². The Hall–Kier alpha value is -0.0800. The number of rotatable bonds is 9. The molecule has 86 valence electrons. The minimum Gasteiger partial charge on any atom is -0.384 e. The molecule has 0 bridgehead atoms. The monoisotopic (exact) mass is 201 g/mol. The fourth-order valence-electron chi connectivity index (χ4n) is 1.86. The van der Waals surface area contributed by atoms with Crippen LogP contribution < -0.4 is 5.32 Å². The number of ether oxygens (including phenoxy) is 1. The molecule has 0 aromatic carbocycles. The Bertz CT molecular complexity index is 117. The summed E-state index contributed by atoms with van der Waals surface area (Å²) in [7, 11) is 1.81. The van der Waals surface area contributed by atoms with E-state index in [1.165, 1.54) is 25.7 Å². The highest BCUT2D eigenvalue weighted by atomic mass is 16.5. The van der Waals surface area contributed by atoms with Gasteiger partial charge in [0.15, 0.2) is 0 Å². The van der Waals surface area contributed by atoms with Gasteiger partial charge >= 0.3 is 0 Å². The molecule has 0 aliphatic carbocycles. The first-order chi connectivity index (χ1) is 6.74. The quantitative estimate of drug-likeness (QED) is 0.619. The van der Waals surface area contributed by atoms with Crippen LogP contribution in [-0.2, 0) is 4.74 Å². The van der Waals surface area contributed by atoms with Crippen molar-refractivity contribution >= 4 is 0 Å². The first-order valence-electron chi connectivity index (χ1n) is 5.94. The molecule has 2 nitrogen and oxygen atoms in total. The topological polar surface area (TPSA) is 21.3 Å². The van der Waals surface area contributed by atoms with Crippen molar-refractivity contribution in [2.45, 2.75) is 46.5 Å². The number of methoxy groups -OCH3 is 1. The molecule has 0 aromatic rings. The Balaban J connectivity index is 4.11. The lowest BCUT2D eigenvalue weighted by Gasteiger charge is -2.32. The van der Waals surface area contributed by atoms with Crippen LogP contribution in [0.4, 0.5) is 0 Å². The van der Waals surface area contributed by atoms with Gasteiger partial charge in [0.05, 0.1) is 6.61 Å². The van der Waals surface area contributed by atoms with E-state index < -0.39 is 0 Å². The average molecular weight is 201 g/mol. The molecule has 1 atom stereocenters. The Morgan fingerprint density at radius 2 is 1.93 bits per heavy atom. The third-order valence-electron chi connectivity index (χ3n) is 3.01. The van der Waals surface area contributed by atoms with E-state index in [0.29, 0.717) is 5.41 Å². The van der Waals surface area contributed by atoms with Gasteiger partial charge in [-0.3, -0.25) is 0 Å². The third kappa shape index (κ3) is 4.97. The fourth-order valence-corrected chi connectivity index (χ4v) is 1.86. The zero-order valence-corrected chi connectivity index (χ0v) is 10.4. The van der Waals surface area contributed by atoms with Gasteiger partial charge in [0.2, 0.25) is 0 Å². The molecule has 0 aliphatic rings. The van der Waals surface area contributed by atoms with E-state index in [2.05, 4.69) is 26.1 Å². The zero-order chi connectivity index (χ0) is 10.9. The van der Waals surface area contributed by atoms with Crippen LogP contribution in [0.1, 0.15) is 46.5 Å². The van der Waals surface area contributed by atoms with Gasteiger partial charge in [0.1, 0.15) is 0 Å². The molecule has 0 radical (unpaired) electrons. The van der Waals surface area contributed by atoms with Crippen LogP contribution in [-0.4, -0.2) is 26.8 Å². The van der Waals surface area contributed by atoms with E-state index in [1.54, 1.807) is 0 Å². The molecule has 0 saturated carbocycles. The Morgan fingerprint density at radius 1 is 1.21 bits per heavy atom. The standard InChI is InChI=1S/C12H27NO/c1-5-8-9-12(6-2,11-14-4)10-13-7-3/h13H,5-11H2,1-4H3. The SMILES string of the molecule is CCCCC(CC)(CNCC)COC. The summed E-state index contributed by atoms with van der Waals surface area (Å²) >= 11 is 0. The third-order valence-corrected chi connectivity index (χ3v) is 3.01. The highest BCUT2D eigenvalue weighted by Crippen LogP contribution is 2.28. The van der Waals surface area contributed by atoms with Gasteiger partial charge in [0, 0.05) is 19.1 Å². The maximum absolute atomic E-state index is 5.35. The van der Waals surface area contributed by atoms with Gasteiger partial charge in [-0.2, -0.15) is 0 Å². The Kier molecular flexibility index (Phi) is 8.20. The highest BCUT2D eigenvalue weighted by molar-refractivity contribution is 4.80. The van der Waals surface area contributed by atoms with E-state index in [-0.39, 0.29) is 0 Å². The maximum atomic E-state index is 5.35. The lowest BCUT2D eigenvalue weighted by molar-refractivity contribution is 0.0665. The molecule has 0 rings (SSSR count). The number of hydrogen-bond acceptors (Lipinski definition) is 2. The van der Waals surface area contributed by atoms with Crippen molar-refractivity contribution < 1.29 is 4.74 Å². The Morgan fingerprint density at radius 3 is 2.36 bits per heavy atom. The second-order valence-corrected chi connectivity index (χ2v) is 4.17. The van der Waals surface area contributed by atoms with Gasteiger partial charge in [-0.25, -0.2) is 0 Å². The van der Waals surface area contributed by atoms with Crippen LogP contribution in [0.5, 0.6) is 0 Å². The molecule has 2 heteroatoms. The lowest BCUT2D eigenvalue weighted by atomic mass is 9.81. The first kappa shape index (κ1) is 13.9. The summed E-state index contributed by atoms with van der Waals surface area (Å²) < 4.78 is 5.35. The predicted molar refractivity (Wildman–Crippen MR) is 62.7 cm³/mol. The van der Waals surface area contributed by atoms with Crippen LogP contribution in [0, 0.1) is 5.41 Å². The Labute approximate surface area is 89.4 Å². The van der Waals surface area contributed by atoms with Crippen LogP contribution in [0.25, 0.3) is 0 Å². The van der Waals surface area contributed by atoms with Crippen molar-refractivity contribution in [3.8, 4) is 0 Å². The molecule has 0 amide bonds. The summed E-state index contributed by atoms with van der Waals surface area (Å²) in [4.78, 5) is 0. The molecule has 0 fully saturated rings. The summed E-state index contributed by atoms with van der Waals surface area (Å²) in [6, 6.07) is 0. The van der Waals surface area contributed by atoms with E-state index in [9.17, 15) is 0 Å². The summed E-state index contributed by atoms with van der Waals surface area (Å²) in [6.07, 6.45) is 5.06. The number of nitrogens with one attached hydrogen (secondary N) is 1. The zero-order valence-electron chi connectivity index (χ0n) is 10.4. The minimum absolute atomic E-state index is 0.362. The van der Waals surface area contributed by atoms with Crippen molar-refractivity contribution in [1.82, 2.24) is 5.32 Å². The minimum atomic E-state index is 0.362. The fraction of sp³-hybridized carbons (Fsp3) is 1.00. The van der Waals surface area contributed by atoms with E-state index >= 15 is 0 Å². The molecular weight excluding hydrogens is 174 g/mol. The predicted octanol–water partition coefficient (Wildman–Crippen LogP) is 2.83. The van der Waals surface area contributed by atoms with E-state index in [1.807, 2.05) is 7.11 Å². The van der Waals surface area contributed by atoms with Gasteiger partial charge < -0.3 is 10.1 Å². The van der Waals surface area contributed by atoms with Gasteiger partial charge in [-0.05, 0) is 19.4 Å². The largest absolute Gasteiger partial charge is 0.384 e. The maximum Gasteiger partial charge on any atom is 0.0530 e. The average Bonchev–Trinajstić information content (AvgIpc) is 2.22. The summed E-state index contributed by atoms with van der Waals surface area (Å²) in [5, 5.41) is 3.45. The molecule has 1 unspecified atom stereocenters. The molecule has 0 aliphatic heterocycles. The molecule has 0 heterocycles. The molecular formula is C12H27NO. The molecule has 0 saturated heterocycles. The number of hydrogen-bond donors (Lipinski definition) is 1.